The summed E-state index contributed by atoms with van der Waals surface area (Å²) in [7, 11) is 1.61. The minimum absolute atomic E-state index is 0.118. The summed E-state index contributed by atoms with van der Waals surface area (Å²) in [5.74, 6) is 0.753. The molecule has 1 aliphatic rings. The molecule has 1 saturated carbocycles. The Hall–Kier alpha value is -2.25. The van der Waals surface area contributed by atoms with Crippen molar-refractivity contribution in [3.8, 4) is 11.5 Å². The summed E-state index contributed by atoms with van der Waals surface area (Å²) >= 11 is 9.59. The van der Waals surface area contributed by atoms with Gasteiger partial charge in [0.25, 0.3) is 5.91 Å². The van der Waals surface area contributed by atoms with E-state index in [1.54, 1.807) is 30.2 Å². The van der Waals surface area contributed by atoms with Crippen LogP contribution in [0.5, 0.6) is 11.5 Å². The largest absolute Gasteiger partial charge is 0.497 e. The molecule has 0 heterocycles. The molecular formula is C25H30BrClN2O4. The molecule has 0 unspecified atom stereocenters. The normalized spacial score (nSPS) is 14.5. The van der Waals surface area contributed by atoms with Crippen LogP contribution in [0, 0.1) is 0 Å². The molecule has 6 nitrogen and oxygen atoms in total. The van der Waals surface area contributed by atoms with Crippen LogP contribution in [0.2, 0.25) is 5.02 Å². The number of ether oxygens (including phenoxy) is 2. The van der Waals surface area contributed by atoms with E-state index in [0.717, 1.165) is 41.5 Å². The van der Waals surface area contributed by atoms with E-state index in [4.69, 9.17) is 21.1 Å². The number of carbonyl (C=O) groups is 2. The van der Waals surface area contributed by atoms with Gasteiger partial charge in [0, 0.05) is 17.1 Å². The quantitative estimate of drug-likeness (QED) is 0.443. The van der Waals surface area contributed by atoms with Crippen LogP contribution in [-0.4, -0.2) is 42.5 Å². The number of hydrogen-bond donors (Lipinski definition) is 1. The van der Waals surface area contributed by atoms with Crippen molar-refractivity contribution in [2.45, 2.75) is 57.7 Å². The van der Waals surface area contributed by atoms with Crippen LogP contribution in [0.4, 0.5) is 0 Å². The van der Waals surface area contributed by atoms with Crippen LogP contribution in [0.1, 0.15) is 44.6 Å². The first kappa shape index (κ1) is 25.4. The Morgan fingerprint density at radius 3 is 2.48 bits per heavy atom. The Morgan fingerprint density at radius 2 is 1.88 bits per heavy atom. The van der Waals surface area contributed by atoms with Gasteiger partial charge >= 0.3 is 0 Å². The molecule has 0 bridgehead atoms. The van der Waals surface area contributed by atoms with E-state index in [9.17, 15) is 9.59 Å². The maximum atomic E-state index is 13.3. The summed E-state index contributed by atoms with van der Waals surface area (Å²) < 4.78 is 11.8. The summed E-state index contributed by atoms with van der Waals surface area (Å²) in [4.78, 5) is 28.0. The minimum atomic E-state index is -0.593. The predicted molar refractivity (Wildman–Crippen MR) is 133 cm³/mol. The number of benzene rings is 2. The molecule has 0 aromatic heterocycles. The number of nitrogens with zero attached hydrogens (tertiary/aromatic N) is 1. The third-order valence-electron chi connectivity index (χ3n) is 5.84. The van der Waals surface area contributed by atoms with Crippen LogP contribution >= 0.6 is 27.5 Å². The van der Waals surface area contributed by atoms with Crippen molar-refractivity contribution in [2.75, 3.05) is 13.7 Å². The fourth-order valence-electron chi connectivity index (χ4n) is 4.03. The van der Waals surface area contributed by atoms with Gasteiger partial charge in [-0.25, -0.2) is 0 Å². The van der Waals surface area contributed by atoms with Gasteiger partial charge in [0.15, 0.2) is 6.61 Å². The van der Waals surface area contributed by atoms with E-state index in [1.165, 1.54) is 0 Å². The van der Waals surface area contributed by atoms with Crippen LogP contribution in [-0.2, 0) is 16.1 Å². The highest BCUT2D eigenvalue weighted by Crippen LogP contribution is 2.28. The molecule has 0 saturated heterocycles. The lowest BCUT2D eigenvalue weighted by Crippen LogP contribution is -2.52. The standard InChI is InChI=1S/C25H30BrClN2O4/c1-3-22(25(31)28-19-6-4-5-7-19)29(15-17-8-11-20(32-2)12-9-17)24(30)16-33-23-13-10-18(26)14-21(23)27/h8-14,19,22H,3-7,15-16H2,1-2H3,(H,28,31)/t22-/m1/s1. The van der Waals surface area contributed by atoms with Crippen molar-refractivity contribution < 1.29 is 19.1 Å². The number of rotatable bonds is 10. The molecule has 1 atom stereocenters. The second-order valence-electron chi connectivity index (χ2n) is 8.15. The van der Waals surface area contributed by atoms with Gasteiger partial charge in [-0.05, 0) is 55.2 Å². The van der Waals surface area contributed by atoms with Crippen molar-refractivity contribution in [2.24, 2.45) is 0 Å². The fraction of sp³-hybridized carbons (Fsp3) is 0.440. The molecule has 2 aromatic rings. The highest BCUT2D eigenvalue weighted by molar-refractivity contribution is 9.10. The minimum Gasteiger partial charge on any atom is -0.497 e. The lowest BCUT2D eigenvalue weighted by Gasteiger charge is -2.31. The number of methoxy groups -OCH3 is 1. The van der Waals surface area contributed by atoms with Crippen LogP contribution in [0.15, 0.2) is 46.9 Å². The lowest BCUT2D eigenvalue weighted by atomic mass is 10.1. The Labute approximate surface area is 208 Å². The Balaban J connectivity index is 1.77. The zero-order valence-electron chi connectivity index (χ0n) is 19.0. The highest BCUT2D eigenvalue weighted by atomic mass is 79.9. The van der Waals surface area contributed by atoms with Crippen molar-refractivity contribution in [1.29, 1.82) is 0 Å². The number of nitrogens with one attached hydrogen (secondary N) is 1. The van der Waals surface area contributed by atoms with Gasteiger partial charge in [-0.1, -0.05) is 59.4 Å². The average Bonchev–Trinajstić information content (AvgIpc) is 3.31. The molecule has 1 N–H and O–H groups in total. The van der Waals surface area contributed by atoms with Gasteiger partial charge in [-0.15, -0.1) is 0 Å². The third-order valence-corrected chi connectivity index (χ3v) is 6.63. The molecule has 3 rings (SSSR count). The molecule has 1 aliphatic carbocycles. The zero-order chi connectivity index (χ0) is 23.8. The van der Waals surface area contributed by atoms with E-state index in [-0.39, 0.29) is 31.0 Å². The maximum absolute atomic E-state index is 13.3. The number of halogens is 2. The van der Waals surface area contributed by atoms with Gasteiger partial charge in [0.2, 0.25) is 5.91 Å². The van der Waals surface area contributed by atoms with Crippen molar-refractivity contribution in [3.63, 3.8) is 0 Å². The van der Waals surface area contributed by atoms with Gasteiger partial charge < -0.3 is 19.7 Å². The second-order valence-corrected chi connectivity index (χ2v) is 9.47. The zero-order valence-corrected chi connectivity index (χ0v) is 21.3. The van der Waals surface area contributed by atoms with Gasteiger partial charge in [0.05, 0.1) is 12.1 Å². The molecule has 0 radical (unpaired) electrons. The number of carbonyl (C=O) groups excluding carboxylic acids is 2. The summed E-state index contributed by atoms with van der Waals surface area (Å²) in [5.41, 5.74) is 0.901. The first-order valence-corrected chi connectivity index (χ1v) is 12.4. The Bertz CT molecular complexity index is 948. The van der Waals surface area contributed by atoms with Crippen LogP contribution < -0.4 is 14.8 Å². The molecule has 0 aliphatic heterocycles. The lowest BCUT2D eigenvalue weighted by molar-refractivity contribution is -0.143. The monoisotopic (exact) mass is 536 g/mol. The second kappa shape index (κ2) is 12.3. The summed E-state index contributed by atoms with van der Waals surface area (Å²) in [6.07, 6.45) is 4.72. The first-order valence-electron chi connectivity index (χ1n) is 11.2. The molecule has 8 heteroatoms. The number of hydrogen-bond acceptors (Lipinski definition) is 4. The van der Waals surface area contributed by atoms with E-state index < -0.39 is 6.04 Å². The maximum Gasteiger partial charge on any atom is 0.261 e. The van der Waals surface area contributed by atoms with Gasteiger partial charge in [-0.2, -0.15) is 0 Å². The topological polar surface area (TPSA) is 67.9 Å². The van der Waals surface area contributed by atoms with Crippen LogP contribution in [0.25, 0.3) is 0 Å². The van der Waals surface area contributed by atoms with Gasteiger partial charge in [0.1, 0.15) is 17.5 Å². The molecule has 2 aromatic carbocycles. The molecule has 33 heavy (non-hydrogen) atoms. The van der Waals surface area contributed by atoms with E-state index in [1.807, 2.05) is 31.2 Å². The first-order chi connectivity index (χ1) is 15.9. The Morgan fingerprint density at radius 1 is 1.18 bits per heavy atom. The summed E-state index contributed by atoms with van der Waals surface area (Å²) in [6.45, 7) is 1.99. The summed E-state index contributed by atoms with van der Waals surface area (Å²) in [5, 5.41) is 3.55. The predicted octanol–water partition coefficient (Wildman–Crippen LogP) is 5.36. The average molecular weight is 538 g/mol. The van der Waals surface area contributed by atoms with E-state index in [0.29, 0.717) is 17.2 Å². The molecule has 0 spiro atoms. The highest BCUT2D eigenvalue weighted by Gasteiger charge is 2.31. The molecular weight excluding hydrogens is 508 g/mol. The van der Waals surface area contributed by atoms with Crippen molar-refractivity contribution in [1.82, 2.24) is 10.2 Å². The molecule has 2 amide bonds. The molecule has 178 valence electrons. The van der Waals surface area contributed by atoms with Gasteiger partial charge in [-0.3, -0.25) is 9.59 Å². The molecule has 1 fully saturated rings. The van der Waals surface area contributed by atoms with Crippen LogP contribution in [0.3, 0.4) is 0 Å². The number of amides is 2. The summed E-state index contributed by atoms with van der Waals surface area (Å²) in [6, 6.07) is 12.3. The van der Waals surface area contributed by atoms with Crippen molar-refractivity contribution >= 4 is 39.3 Å². The fourth-order valence-corrected chi connectivity index (χ4v) is 4.76. The van der Waals surface area contributed by atoms with Crippen molar-refractivity contribution in [3.05, 3.63) is 57.5 Å². The smallest absolute Gasteiger partial charge is 0.261 e. The Kier molecular flexibility index (Phi) is 9.44. The van der Waals surface area contributed by atoms with E-state index >= 15 is 0 Å². The third kappa shape index (κ3) is 7.11. The SMILES string of the molecule is CC[C@H](C(=O)NC1CCCC1)N(Cc1ccc(OC)cc1)C(=O)COc1ccc(Br)cc1Cl. The van der Waals surface area contributed by atoms with E-state index in [2.05, 4.69) is 21.2 Å².